The van der Waals surface area contributed by atoms with Gasteiger partial charge in [-0.05, 0) is 60.2 Å². The maximum Gasteiger partial charge on any atom is 0.340 e. The van der Waals surface area contributed by atoms with Crippen LogP contribution in [0.1, 0.15) is 36.6 Å². The van der Waals surface area contributed by atoms with Gasteiger partial charge < -0.3 is 85.0 Å². The number of phenols is 11. The van der Waals surface area contributed by atoms with Crippen molar-refractivity contribution >= 4 is 30.0 Å². The van der Waals surface area contributed by atoms with Crippen molar-refractivity contribution in [3.63, 3.8) is 0 Å². The number of benzene rings is 4. The van der Waals surface area contributed by atoms with E-state index in [9.17, 15) is 80.5 Å². The Balaban J connectivity index is 1.50. The quantitative estimate of drug-likeness (QED) is 0.0467. The first-order chi connectivity index (χ1) is 26.8. The molecule has 1 fully saturated rings. The maximum atomic E-state index is 13.3. The van der Waals surface area contributed by atoms with Gasteiger partial charge in [0.2, 0.25) is 6.29 Å². The van der Waals surface area contributed by atoms with E-state index >= 15 is 0 Å². The van der Waals surface area contributed by atoms with E-state index in [1.165, 1.54) is 6.07 Å². The van der Waals surface area contributed by atoms with Gasteiger partial charge in [0.15, 0.2) is 75.5 Å². The zero-order valence-corrected chi connectivity index (χ0v) is 28.5. The smallest absolute Gasteiger partial charge is 0.340 e. The summed E-state index contributed by atoms with van der Waals surface area (Å²) < 4.78 is 26.9. The molecular weight excluding hydrogens is 768 g/mol. The van der Waals surface area contributed by atoms with Crippen LogP contribution in [0.4, 0.5) is 0 Å². The van der Waals surface area contributed by atoms with E-state index in [0.29, 0.717) is 36.4 Å². The predicted molar refractivity (Wildman–Crippen MR) is 183 cm³/mol. The lowest BCUT2D eigenvalue weighted by molar-refractivity contribution is -0.284. The average molecular weight is 799 g/mol. The summed E-state index contributed by atoms with van der Waals surface area (Å²) in [6.45, 7) is -0.958. The minimum Gasteiger partial charge on any atom is -0.504 e. The van der Waals surface area contributed by atoms with Gasteiger partial charge in [0.25, 0.3) is 0 Å². The Hall–Kier alpha value is -7.78. The molecule has 1 saturated heterocycles. The van der Waals surface area contributed by atoms with Crippen LogP contribution < -0.4 is 0 Å². The van der Waals surface area contributed by atoms with E-state index in [4.69, 9.17) is 23.7 Å². The molecule has 5 atom stereocenters. The SMILES string of the molecule is O=C(C=Cc1ccc(O)c(O)c1)OC[C@H]1O[C@@H](OC(=O)c2cc(O)c(O)c(O)c2)[C@H](OC(=O)c2cc(O)c(O)c(O)c2)[C@@H](O)[C@@H]1OC(=O)c1cc(O)c(O)c(O)c1. The Morgan fingerprint density at radius 1 is 0.544 bits per heavy atom. The second kappa shape index (κ2) is 16.3. The van der Waals surface area contributed by atoms with Crippen molar-refractivity contribution in [1.82, 2.24) is 0 Å². The van der Waals surface area contributed by atoms with Crippen molar-refractivity contribution in [2.24, 2.45) is 0 Å². The third-order valence-corrected chi connectivity index (χ3v) is 8.04. The standard InChI is InChI=1S/C36H30O21/c37-17-3-1-13(5-18(17)38)2-4-26(45)53-12-25-31(55-33(50)14-6-19(39)27(46)20(40)7-14)30(49)32(56-34(51)15-8-21(41)28(47)22(42)9-15)36(54-25)57-35(52)16-10-23(43)29(48)24(44)11-16/h1-11,25,30-32,36-44,46-49H,12H2/t25-,30+,31-,32-,36+/m1/s1. The van der Waals surface area contributed by atoms with E-state index in [-0.39, 0.29) is 5.56 Å². The van der Waals surface area contributed by atoms with Crippen LogP contribution in [0.2, 0.25) is 0 Å². The van der Waals surface area contributed by atoms with Gasteiger partial charge in [-0.25, -0.2) is 19.2 Å². The van der Waals surface area contributed by atoms with Crippen molar-refractivity contribution in [3.05, 3.63) is 82.9 Å². The third-order valence-electron chi connectivity index (χ3n) is 8.04. The average Bonchev–Trinajstić information content (AvgIpc) is 3.16. The lowest BCUT2D eigenvalue weighted by Gasteiger charge is -2.42. The number of rotatable bonds is 10. The highest BCUT2D eigenvalue weighted by molar-refractivity contribution is 5.93. The summed E-state index contributed by atoms with van der Waals surface area (Å²) >= 11 is 0. The third kappa shape index (κ3) is 8.96. The molecule has 0 aliphatic carbocycles. The molecule has 0 saturated carbocycles. The molecule has 0 bridgehead atoms. The minimum absolute atomic E-state index is 0.219. The van der Waals surface area contributed by atoms with Gasteiger partial charge in [-0.1, -0.05) is 6.07 Å². The molecule has 0 radical (unpaired) electrons. The van der Waals surface area contributed by atoms with Crippen LogP contribution in [0.5, 0.6) is 63.2 Å². The lowest BCUT2D eigenvalue weighted by Crippen LogP contribution is -2.62. The van der Waals surface area contributed by atoms with Crippen molar-refractivity contribution in [3.8, 4) is 63.2 Å². The summed E-state index contributed by atoms with van der Waals surface area (Å²) in [5.74, 6) is -15.5. The second-order valence-corrected chi connectivity index (χ2v) is 12.0. The van der Waals surface area contributed by atoms with Crippen LogP contribution >= 0.6 is 0 Å². The van der Waals surface area contributed by atoms with Crippen molar-refractivity contribution in [1.29, 1.82) is 0 Å². The maximum absolute atomic E-state index is 13.3. The zero-order chi connectivity index (χ0) is 41.9. The minimum atomic E-state index is -2.34. The van der Waals surface area contributed by atoms with Gasteiger partial charge in [-0.2, -0.15) is 0 Å². The fourth-order valence-electron chi connectivity index (χ4n) is 5.14. The molecule has 0 amide bonds. The first-order valence-electron chi connectivity index (χ1n) is 15.9. The Kier molecular flexibility index (Phi) is 11.6. The number of hydrogen-bond acceptors (Lipinski definition) is 21. The highest BCUT2D eigenvalue weighted by Crippen LogP contribution is 2.39. The first-order valence-corrected chi connectivity index (χ1v) is 15.9. The highest BCUT2D eigenvalue weighted by Gasteiger charge is 2.52. The van der Waals surface area contributed by atoms with Crippen LogP contribution in [-0.4, -0.2) is 122 Å². The summed E-state index contributed by atoms with van der Waals surface area (Å²) in [5.41, 5.74) is -1.72. The Morgan fingerprint density at radius 2 is 0.965 bits per heavy atom. The molecule has 57 heavy (non-hydrogen) atoms. The largest absolute Gasteiger partial charge is 0.504 e. The first kappa shape index (κ1) is 40.4. The fraction of sp³-hybridized carbons (Fsp3) is 0.167. The number of aliphatic hydroxyl groups excluding tert-OH is 1. The van der Waals surface area contributed by atoms with E-state index in [2.05, 4.69) is 0 Å². The Morgan fingerprint density at radius 3 is 1.40 bits per heavy atom. The number of aromatic hydroxyl groups is 11. The zero-order valence-electron chi connectivity index (χ0n) is 28.5. The van der Waals surface area contributed by atoms with Crippen LogP contribution in [0.25, 0.3) is 6.08 Å². The number of aliphatic hydroxyl groups is 1. The number of ether oxygens (including phenoxy) is 5. The lowest BCUT2D eigenvalue weighted by atomic mass is 9.98. The van der Waals surface area contributed by atoms with E-state index in [1.54, 1.807) is 0 Å². The summed E-state index contributed by atoms with van der Waals surface area (Å²) in [4.78, 5) is 52.5. The summed E-state index contributed by atoms with van der Waals surface area (Å²) in [6, 6.07) is 7.42. The summed E-state index contributed by atoms with van der Waals surface area (Å²) in [6.07, 6.45) is -8.82. The van der Waals surface area contributed by atoms with Crippen LogP contribution in [0.15, 0.2) is 60.7 Å². The Bertz CT molecular complexity index is 2200. The van der Waals surface area contributed by atoms with Gasteiger partial charge in [0, 0.05) is 6.08 Å². The van der Waals surface area contributed by atoms with Crippen molar-refractivity contribution in [2.75, 3.05) is 6.61 Å². The molecule has 1 aliphatic heterocycles. The van der Waals surface area contributed by atoms with E-state index < -0.39 is 141 Å². The van der Waals surface area contributed by atoms with Gasteiger partial charge in [0.05, 0.1) is 16.7 Å². The molecule has 1 aliphatic rings. The number of hydrogen-bond donors (Lipinski definition) is 12. The topological polar surface area (TPSA) is 357 Å². The van der Waals surface area contributed by atoms with Crippen molar-refractivity contribution in [2.45, 2.75) is 30.7 Å². The van der Waals surface area contributed by atoms with Crippen LogP contribution in [0, 0.1) is 0 Å². The van der Waals surface area contributed by atoms with Gasteiger partial charge in [-0.15, -0.1) is 0 Å². The summed E-state index contributed by atoms with van der Waals surface area (Å²) in [7, 11) is 0. The molecule has 0 aromatic heterocycles. The molecule has 4 aromatic rings. The highest BCUT2D eigenvalue weighted by atomic mass is 16.7. The van der Waals surface area contributed by atoms with E-state index in [0.717, 1.165) is 24.3 Å². The van der Waals surface area contributed by atoms with Crippen LogP contribution in [-0.2, 0) is 28.5 Å². The normalized spacial score (nSPS) is 19.1. The second-order valence-electron chi connectivity index (χ2n) is 12.0. The van der Waals surface area contributed by atoms with Crippen molar-refractivity contribution < 1.29 is 104 Å². The number of esters is 4. The number of carbonyl (C=O) groups is 4. The molecule has 4 aromatic carbocycles. The Labute approximate surface area is 317 Å². The molecule has 21 nitrogen and oxygen atoms in total. The molecule has 300 valence electrons. The molecular formula is C36H30O21. The van der Waals surface area contributed by atoms with Gasteiger partial charge >= 0.3 is 23.9 Å². The van der Waals surface area contributed by atoms with Gasteiger partial charge in [0.1, 0.15) is 18.8 Å². The summed E-state index contributed by atoms with van der Waals surface area (Å²) in [5, 5.41) is 119. The number of phenolic OH excluding ortho intramolecular Hbond substituents is 11. The molecule has 21 heteroatoms. The monoisotopic (exact) mass is 798 g/mol. The van der Waals surface area contributed by atoms with Crippen LogP contribution in [0.3, 0.4) is 0 Å². The number of carbonyl (C=O) groups excluding carboxylic acids is 4. The van der Waals surface area contributed by atoms with E-state index in [1.807, 2.05) is 0 Å². The molecule has 1 heterocycles. The molecule has 5 rings (SSSR count). The fourth-order valence-corrected chi connectivity index (χ4v) is 5.14. The predicted octanol–water partition coefficient (Wildman–Crippen LogP) is 1.40. The molecule has 0 spiro atoms. The van der Waals surface area contributed by atoms with Gasteiger partial charge in [-0.3, -0.25) is 0 Å². The molecule has 12 N–H and O–H groups in total. The molecule has 0 unspecified atom stereocenters.